The molecule has 3 fully saturated rings. The molecular weight excluding hydrogens is 250 g/mol. The average Bonchev–Trinajstić information content (AvgIpc) is 2.87. The van der Waals surface area contributed by atoms with Gasteiger partial charge >= 0.3 is 0 Å². The highest BCUT2D eigenvalue weighted by Crippen LogP contribution is 2.23. The summed E-state index contributed by atoms with van der Waals surface area (Å²) in [5.74, 6) is 0. The number of hydrogen-bond donors (Lipinski definition) is 1. The van der Waals surface area contributed by atoms with Crippen LogP contribution in [-0.2, 0) is 4.74 Å². The molecule has 0 bridgehead atoms. The third-order valence-corrected chi connectivity index (χ3v) is 5.25. The summed E-state index contributed by atoms with van der Waals surface area (Å²) in [5, 5.41) is 3.67. The molecule has 0 aliphatic carbocycles. The van der Waals surface area contributed by atoms with Gasteiger partial charge in [0.25, 0.3) is 0 Å². The molecule has 0 saturated carbocycles. The van der Waals surface area contributed by atoms with Gasteiger partial charge in [0.2, 0.25) is 0 Å². The molecule has 0 aromatic rings. The number of ether oxygens (including phenoxy) is 1. The molecule has 0 aromatic carbocycles. The van der Waals surface area contributed by atoms with E-state index < -0.39 is 0 Å². The Hall–Kier alpha value is -0.160. The van der Waals surface area contributed by atoms with Gasteiger partial charge < -0.3 is 15.0 Å². The van der Waals surface area contributed by atoms with Gasteiger partial charge in [-0.25, -0.2) is 0 Å². The number of hydrogen-bond acceptors (Lipinski definition) is 4. The standard InChI is InChI=1S/C16H31N3O/c1-13-5-8-18(9-6-14(2)17-13)10-16-11-19-7-3-4-15(19)12-20-16/h13-17H,3-12H2,1-2H3. The summed E-state index contributed by atoms with van der Waals surface area (Å²) in [5.41, 5.74) is 0. The Morgan fingerprint density at radius 2 is 1.80 bits per heavy atom. The van der Waals surface area contributed by atoms with Crippen LogP contribution in [0.25, 0.3) is 0 Å². The van der Waals surface area contributed by atoms with Crippen LogP contribution in [0.4, 0.5) is 0 Å². The highest BCUT2D eigenvalue weighted by Gasteiger charge is 2.33. The van der Waals surface area contributed by atoms with Gasteiger partial charge in [0.1, 0.15) is 0 Å². The van der Waals surface area contributed by atoms with Crippen LogP contribution in [0.3, 0.4) is 0 Å². The van der Waals surface area contributed by atoms with E-state index in [1.807, 2.05) is 0 Å². The van der Waals surface area contributed by atoms with Crippen molar-refractivity contribution >= 4 is 0 Å². The van der Waals surface area contributed by atoms with Crippen LogP contribution in [0.15, 0.2) is 0 Å². The van der Waals surface area contributed by atoms with Gasteiger partial charge in [0.15, 0.2) is 0 Å². The van der Waals surface area contributed by atoms with E-state index in [0.717, 1.165) is 25.7 Å². The number of fused-ring (bicyclic) bond motifs is 1. The first kappa shape index (κ1) is 14.8. The van der Waals surface area contributed by atoms with Crippen molar-refractivity contribution in [2.75, 3.05) is 39.3 Å². The van der Waals surface area contributed by atoms with Gasteiger partial charge in [-0.1, -0.05) is 0 Å². The van der Waals surface area contributed by atoms with Crippen LogP contribution < -0.4 is 5.32 Å². The van der Waals surface area contributed by atoms with Gasteiger partial charge in [0.05, 0.1) is 12.7 Å². The maximum absolute atomic E-state index is 6.12. The Morgan fingerprint density at radius 3 is 2.55 bits per heavy atom. The fraction of sp³-hybridized carbons (Fsp3) is 1.00. The first-order valence-electron chi connectivity index (χ1n) is 8.55. The lowest BCUT2D eigenvalue weighted by molar-refractivity contribution is -0.0620. The molecule has 3 aliphatic rings. The summed E-state index contributed by atoms with van der Waals surface area (Å²) >= 11 is 0. The Labute approximate surface area is 123 Å². The van der Waals surface area contributed by atoms with Crippen LogP contribution >= 0.6 is 0 Å². The Bertz CT molecular complexity index is 300. The van der Waals surface area contributed by atoms with Crippen LogP contribution in [-0.4, -0.2) is 73.4 Å². The molecular formula is C16H31N3O. The molecule has 0 radical (unpaired) electrons. The van der Waals surface area contributed by atoms with Gasteiger partial charge in [0, 0.05) is 31.2 Å². The van der Waals surface area contributed by atoms with Crippen molar-refractivity contribution in [3.63, 3.8) is 0 Å². The maximum atomic E-state index is 6.12. The van der Waals surface area contributed by atoms with E-state index in [1.54, 1.807) is 0 Å². The fourth-order valence-electron chi connectivity index (χ4n) is 3.98. The van der Waals surface area contributed by atoms with Crippen LogP contribution in [0, 0.1) is 0 Å². The second kappa shape index (κ2) is 6.73. The van der Waals surface area contributed by atoms with Gasteiger partial charge in [-0.05, 0) is 59.2 Å². The van der Waals surface area contributed by atoms with E-state index in [9.17, 15) is 0 Å². The third-order valence-electron chi connectivity index (χ3n) is 5.25. The Morgan fingerprint density at radius 1 is 1.05 bits per heavy atom. The summed E-state index contributed by atoms with van der Waals surface area (Å²) in [6.07, 6.45) is 5.65. The zero-order valence-electron chi connectivity index (χ0n) is 13.2. The number of rotatable bonds is 2. The first-order valence-corrected chi connectivity index (χ1v) is 8.55. The normalized spacial score (nSPS) is 41.1. The van der Waals surface area contributed by atoms with E-state index >= 15 is 0 Å². The molecule has 3 heterocycles. The molecule has 3 rings (SSSR count). The van der Waals surface area contributed by atoms with E-state index in [1.165, 1.54) is 45.3 Å². The lowest BCUT2D eigenvalue weighted by Crippen LogP contribution is -2.51. The fourth-order valence-corrected chi connectivity index (χ4v) is 3.98. The van der Waals surface area contributed by atoms with Crippen molar-refractivity contribution in [2.45, 2.75) is 63.8 Å². The van der Waals surface area contributed by atoms with Gasteiger partial charge in [-0.15, -0.1) is 0 Å². The molecule has 4 atom stereocenters. The van der Waals surface area contributed by atoms with Crippen LogP contribution in [0.1, 0.15) is 39.5 Å². The highest BCUT2D eigenvalue weighted by molar-refractivity contribution is 4.87. The summed E-state index contributed by atoms with van der Waals surface area (Å²) in [7, 11) is 0. The molecule has 20 heavy (non-hydrogen) atoms. The molecule has 4 heteroatoms. The monoisotopic (exact) mass is 281 g/mol. The van der Waals surface area contributed by atoms with Gasteiger partial charge in [-0.3, -0.25) is 4.90 Å². The minimum absolute atomic E-state index is 0.433. The smallest absolute Gasteiger partial charge is 0.0829 e. The van der Waals surface area contributed by atoms with Crippen molar-refractivity contribution in [1.82, 2.24) is 15.1 Å². The van der Waals surface area contributed by atoms with E-state index in [-0.39, 0.29) is 0 Å². The van der Waals surface area contributed by atoms with Crippen molar-refractivity contribution in [1.29, 1.82) is 0 Å². The largest absolute Gasteiger partial charge is 0.374 e. The summed E-state index contributed by atoms with van der Waals surface area (Å²) in [4.78, 5) is 5.29. The van der Waals surface area contributed by atoms with Crippen molar-refractivity contribution in [3.8, 4) is 0 Å². The molecule has 0 spiro atoms. The molecule has 0 amide bonds. The predicted octanol–water partition coefficient (Wildman–Crippen LogP) is 1.31. The Kier molecular flexibility index (Phi) is 4.97. The number of nitrogens with zero attached hydrogens (tertiary/aromatic N) is 2. The van der Waals surface area contributed by atoms with Crippen LogP contribution in [0.2, 0.25) is 0 Å². The molecule has 0 aromatic heterocycles. The summed E-state index contributed by atoms with van der Waals surface area (Å²) in [6.45, 7) is 11.6. The maximum Gasteiger partial charge on any atom is 0.0829 e. The quantitative estimate of drug-likeness (QED) is 0.826. The second-order valence-electron chi connectivity index (χ2n) is 7.09. The van der Waals surface area contributed by atoms with Crippen molar-refractivity contribution < 1.29 is 4.74 Å². The molecule has 1 N–H and O–H groups in total. The van der Waals surface area contributed by atoms with Gasteiger partial charge in [-0.2, -0.15) is 0 Å². The average molecular weight is 281 g/mol. The second-order valence-corrected chi connectivity index (χ2v) is 7.09. The lowest BCUT2D eigenvalue weighted by atomic mass is 10.1. The minimum Gasteiger partial charge on any atom is -0.374 e. The van der Waals surface area contributed by atoms with Crippen LogP contribution in [0.5, 0.6) is 0 Å². The lowest BCUT2D eigenvalue weighted by Gasteiger charge is -2.38. The molecule has 4 nitrogen and oxygen atoms in total. The van der Waals surface area contributed by atoms with E-state index in [0.29, 0.717) is 18.2 Å². The van der Waals surface area contributed by atoms with Crippen molar-refractivity contribution in [2.24, 2.45) is 0 Å². The molecule has 116 valence electrons. The van der Waals surface area contributed by atoms with E-state index in [2.05, 4.69) is 29.0 Å². The summed E-state index contributed by atoms with van der Waals surface area (Å²) in [6, 6.07) is 2.01. The SMILES string of the molecule is CC1CCN(CC2CN3CCCC3CO2)CCC(C)N1. The molecule has 4 unspecified atom stereocenters. The predicted molar refractivity (Wildman–Crippen MR) is 82.1 cm³/mol. The van der Waals surface area contributed by atoms with E-state index in [4.69, 9.17) is 4.74 Å². The molecule has 3 aliphatic heterocycles. The number of morpholine rings is 1. The first-order chi connectivity index (χ1) is 9.70. The van der Waals surface area contributed by atoms with Crippen molar-refractivity contribution in [3.05, 3.63) is 0 Å². The number of nitrogens with one attached hydrogen (secondary N) is 1. The minimum atomic E-state index is 0.433. The zero-order chi connectivity index (χ0) is 13.9. The Balaban J connectivity index is 1.49. The highest BCUT2D eigenvalue weighted by atomic mass is 16.5. The topological polar surface area (TPSA) is 27.7 Å². The zero-order valence-corrected chi connectivity index (χ0v) is 13.2. The third kappa shape index (κ3) is 3.73. The summed E-state index contributed by atoms with van der Waals surface area (Å²) < 4.78 is 6.12. The molecule has 3 saturated heterocycles.